The maximum Gasteiger partial charge on any atom is 0.234 e. The first kappa shape index (κ1) is 23.3. The predicted octanol–water partition coefficient (Wildman–Crippen LogP) is 4.84. The van der Waals surface area contributed by atoms with Gasteiger partial charge in [0.25, 0.3) is 0 Å². The summed E-state index contributed by atoms with van der Waals surface area (Å²) in [4.78, 5) is 25.1. The third kappa shape index (κ3) is 5.71. The summed E-state index contributed by atoms with van der Waals surface area (Å²) >= 11 is 1.27. The molecule has 0 fully saturated rings. The second-order valence-corrected chi connectivity index (χ2v) is 8.68. The summed E-state index contributed by atoms with van der Waals surface area (Å²) in [6, 6.07) is 21.4. The number of thioether (sulfide) groups is 1. The Morgan fingerprint density at radius 3 is 2.53 bits per heavy atom. The molecular weight excluding hydrogens is 446 g/mol. The molecule has 4 aromatic rings. The van der Waals surface area contributed by atoms with Crippen LogP contribution in [0.3, 0.4) is 0 Å². The molecule has 0 unspecified atom stereocenters. The zero-order valence-corrected chi connectivity index (χ0v) is 19.6. The van der Waals surface area contributed by atoms with Crippen molar-refractivity contribution in [3.05, 3.63) is 90.8 Å². The zero-order valence-electron chi connectivity index (χ0n) is 18.8. The van der Waals surface area contributed by atoms with Crippen LogP contribution in [0.2, 0.25) is 0 Å². The van der Waals surface area contributed by atoms with Gasteiger partial charge in [-0.25, -0.2) is 0 Å². The molecular formula is C26H25N5O2S. The molecule has 1 aromatic heterocycles. The van der Waals surface area contributed by atoms with E-state index in [1.807, 2.05) is 73.7 Å². The van der Waals surface area contributed by atoms with Crippen LogP contribution in [0.15, 0.2) is 84.5 Å². The molecule has 34 heavy (non-hydrogen) atoms. The molecule has 4 rings (SSSR count). The van der Waals surface area contributed by atoms with Crippen LogP contribution in [0, 0.1) is 6.92 Å². The van der Waals surface area contributed by atoms with E-state index < -0.39 is 0 Å². The van der Waals surface area contributed by atoms with Crippen LogP contribution in [0.5, 0.6) is 0 Å². The molecule has 172 valence electrons. The Labute approximate surface area is 202 Å². The zero-order chi connectivity index (χ0) is 23.9. The van der Waals surface area contributed by atoms with Gasteiger partial charge < -0.3 is 15.2 Å². The number of fused-ring (bicyclic) bond motifs is 1. The average molecular weight is 472 g/mol. The van der Waals surface area contributed by atoms with Gasteiger partial charge in [0, 0.05) is 17.9 Å². The molecule has 0 aliphatic heterocycles. The molecule has 0 bridgehead atoms. The summed E-state index contributed by atoms with van der Waals surface area (Å²) in [6.07, 6.45) is 1.78. The minimum Gasteiger partial charge on any atom is -0.325 e. The minimum absolute atomic E-state index is 0.0685. The topological polar surface area (TPSA) is 88.9 Å². The van der Waals surface area contributed by atoms with Crippen LogP contribution in [0.25, 0.3) is 10.8 Å². The van der Waals surface area contributed by atoms with E-state index in [9.17, 15) is 9.59 Å². The number of aromatic nitrogens is 3. The first-order valence-corrected chi connectivity index (χ1v) is 11.8. The monoisotopic (exact) mass is 471 g/mol. The van der Waals surface area contributed by atoms with Crippen LogP contribution in [-0.4, -0.2) is 32.3 Å². The number of amides is 2. The van der Waals surface area contributed by atoms with Gasteiger partial charge in [-0.1, -0.05) is 66.4 Å². The molecule has 0 spiro atoms. The lowest BCUT2D eigenvalue weighted by Crippen LogP contribution is -2.18. The van der Waals surface area contributed by atoms with Gasteiger partial charge in [0.15, 0.2) is 5.16 Å². The molecule has 0 aliphatic carbocycles. The molecule has 1 heterocycles. The van der Waals surface area contributed by atoms with Crippen LogP contribution < -0.4 is 10.6 Å². The van der Waals surface area contributed by atoms with Crippen molar-refractivity contribution in [2.75, 3.05) is 16.4 Å². The summed E-state index contributed by atoms with van der Waals surface area (Å²) in [5.41, 5.74) is 2.49. The second-order valence-electron chi connectivity index (χ2n) is 7.74. The van der Waals surface area contributed by atoms with Crippen molar-refractivity contribution in [1.29, 1.82) is 0 Å². The standard InChI is InChI=1S/C26H25N5O2S/c1-3-14-31-23(16-24(32)28-22-11-7-4-8-18(22)2)29-30-26(31)34-17-25(33)27-21-13-12-19-9-5-6-10-20(19)15-21/h3-13,15H,1,14,16-17H2,2H3,(H,27,33)(H,28,32). The average Bonchev–Trinajstić information content (AvgIpc) is 3.20. The summed E-state index contributed by atoms with van der Waals surface area (Å²) in [5.74, 6) is 0.352. The van der Waals surface area contributed by atoms with Gasteiger partial charge in [-0.2, -0.15) is 0 Å². The first-order valence-electron chi connectivity index (χ1n) is 10.8. The first-order chi connectivity index (χ1) is 16.5. The van der Waals surface area contributed by atoms with Gasteiger partial charge in [0.05, 0.1) is 12.2 Å². The van der Waals surface area contributed by atoms with Crippen molar-refractivity contribution in [2.45, 2.75) is 25.0 Å². The number of anilines is 2. The third-order valence-electron chi connectivity index (χ3n) is 5.21. The van der Waals surface area contributed by atoms with Gasteiger partial charge in [-0.3, -0.25) is 9.59 Å². The number of hydrogen-bond donors (Lipinski definition) is 2. The number of carbonyl (C=O) groups excluding carboxylic acids is 2. The molecule has 2 N–H and O–H groups in total. The molecule has 0 atom stereocenters. The van der Waals surface area contributed by atoms with Crippen molar-refractivity contribution < 1.29 is 9.59 Å². The number of rotatable bonds is 9. The van der Waals surface area contributed by atoms with Gasteiger partial charge in [0.2, 0.25) is 11.8 Å². The number of aryl methyl sites for hydroxylation is 1. The lowest BCUT2D eigenvalue weighted by Gasteiger charge is -2.10. The van der Waals surface area contributed by atoms with Crippen molar-refractivity contribution >= 4 is 45.7 Å². The fourth-order valence-corrected chi connectivity index (χ4v) is 4.28. The number of nitrogens with zero attached hydrogens (tertiary/aromatic N) is 3. The van der Waals surface area contributed by atoms with E-state index in [2.05, 4.69) is 27.4 Å². The maximum atomic E-state index is 12.6. The Bertz CT molecular complexity index is 1350. The Morgan fingerprint density at radius 2 is 1.74 bits per heavy atom. The number of benzene rings is 3. The molecule has 0 saturated heterocycles. The number of carbonyl (C=O) groups is 2. The highest BCUT2D eigenvalue weighted by atomic mass is 32.2. The smallest absolute Gasteiger partial charge is 0.234 e. The van der Waals surface area contributed by atoms with Crippen molar-refractivity contribution in [3.8, 4) is 0 Å². The van der Waals surface area contributed by atoms with E-state index in [1.165, 1.54) is 11.8 Å². The quantitative estimate of drug-likeness (QED) is 0.269. The Hall–Kier alpha value is -3.91. The van der Waals surface area contributed by atoms with E-state index >= 15 is 0 Å². The van der Waals surface area contributed by atoms with Crippen LogP contribution in [-0.2, 0) is 22.6 Å². The summed E-state index contributed by atoms with van der Waals surface area (Å²) in [7, 11) is 0. The van der Waals surface area contributed by atoms with Gasteiger partial charge in [-0.05, 0) is 41.5 Å². The second kappa shape index (κ2) is 10.8. The van der Waals surface area contributed by atoms with Crippen molar-refractivity contribution in [2.24, 2.45) is 0 Å². The fraction of sp³-hybridized carbons (Fsp3) is 0.154. The predicted molar refractivity (Wildman–Crippen MR) is 137 cm³/mol. The highest BCUT2D eigenvalue weighted by Gasteiger charge is 2.17. The van der Waals surface area contributed by atoms with Gasteiger partial charge in [-0.15, -0.1) is 16.8 Å². The van der Waals surface area contributed by atoms with E-state index in [0.29, 0.717) is 17.5 Å². The fourth-order valence-electron chi connectivity index (χ4n) is 3.51. The van der Waals surface area contributed by atoms with Crippen LogP contribution >= 0.6 is 11.8 Å². The molecule has 8 heteroatoms. The van der Waals surface area contributed by atoms with E-state index in [-0.39, 0.29) is 24.0 Å². The van der Waals surface area contributed by atoms with E-state index in [1.54, 1.807) is 10.6 Å². The van der Waals surface area contributed by atoms with Gasteiger partial charge >= 0.3 is 0 Å². The molecule has 0 radical (unpaired) electrons. The lowest BCUT2D eigenvalue weighted by molar-refractivity contribution is -0.116. The third-order valence-corrected chi connectivity index (χ3v) is 6.18. The largest absolute Gasteiger partial charge is 0.325 e. The molecule has 7 nitrogen and oxygen atoms in total. The van der Waals surface area contributed by atoms with Crippen molar-refractivity contribution in [1.82, 2.24) is 14.8 Å². The number of nitrogens with one attached hydrogen (secondary N) is 2. The van der Waals surface area contributed by atoms with Crippen LogP contribution in [0.1, 0.15) is 11.4 Å². The molecule has 2 amide bonds. The SMILES string of the molecule is C=CCn1c(CC(=O)Nc2ccccc2C)nnc1SCC(=O)Nc1ccc2ccccc2c1. The number of para-hydroxylation sites is 1. The molecule has 3 aromatic carbocycles. The Morgan fingerprint density at radius 1 is 0.971 bits per heavy atom. The highest BCUT2D eigenvalue weighted by Crippen LogP contribution is 2.21. The van der Waals surface area contributed by atoms with E-state index in [4.69, 9.17) is 0 Å². The van der Waals surface area contributed by atoms with Crippen LogP contribution in [0.4, 0.5) is 11.4 Å². The Kier molecular flexibility index (Phi) is 7.39. The minimum atomic E-state index is -0.183. The Balaban J connectivity index is 1.38. The summed E-state index contributed by atoms with van der Waals surface area (Å²) < 4.78 is 1.80. The number of hydrogen-bond acceptors (Lipinski definition) is 5. The summed E-state index contributed by atoms with van der Waals surface area (Å²) in [5, 5.41) is 17.0. The highest BCUT2D eigenvalue weighted by molar-refractivity contribution is 7.99. The van der Waals surface area contributed by atoms with E-state index in [0.717, 1.165) is 27.7 Å². The molecule has 0 aliphatic rings. The maximum absolute atomic E-state index is 12.6. The lowest BCUT2D eigenvalue weighted by atomic mass is 10.1. The van der Waals surface area contributed by atoms with Crippen molar-refractivity contribution in [3.63, 3.8) is 0 Å². The summed E-state index contributed by atoms with van der Waals surface area (Å²) in [6.45, 7) is 6.16. The molecule has 0 saturated carbocycles. The van der Waals surface area contributed by atoms with Gasteiger partial charge in [0.1, 0.15) is 5.82 Å². The normalized spacial score (nSPS) is 10.7. The number of allylic oxidation sites excluding steroid dienone is 1.